The number of carbonyl (C=O) groups is 2. The van der Waals surface area contributed by atoms with E-state index in [4.69, 9.17) is 0 Å². The molecule has 0 spiro atoms. The lowest BCUT2D eigenvalue weighted by Crippen LogP contribution is -2.29. The minimum Gasteiger partial charge on any atom is -0.507 e. The zero-order valence-corrected chi connectivity index (χ0v) is 23.5. The monoisotopic (exact) mass is 577 g/mol. The van der Waals surface area contributed by atoms with Gasteiger partial charge in [-0.1, -0.05) is 80.3 Å². The lowest BCUT2D eigenvalue weighted by atomic mass is 9.85. The molecule has 0 saturated carbocycles. The van der Waals surface area contributed by atoms with E-state index in [0.29, 0.717) is 15.7 Å². The van der Waals surface area contributed by atoms with E-state index in [2.05, 4.69) is 31.0 Å². The fourth-order valence-electron chi connectivity index (χ4n) is 4.36. The van der Waals surface area contributed by atoms with Gasteiger partial charge in [-0.3, -0.25) is 14.5 Å². The average molecular weight is 578 g/mol. The molecular weight excluding hydrogens is 552 g/mol. The number of amides is 1. The van der Waals surface area contributed by atoms with Gasteiger partial charge >= 0.3 is 5.91 Å². The SMILES string of the molecule is CC(C)(C)c1ccc(C2/C(=C(/O)c3ccc(F)cc3)C(=O)C(=O)N2c2nnc(SCc3ccc(F)cc3)s2)cc1. The molecule has 1 amide bonds. The lowest BCUT2D eigenvalue weighted by Gasteiger charge is -2.24. The maximum Gasteiger partial charge on any atom is 0.301 e. The molecule has 1 aromatic heterocycles. The lowest BCUT2D eigenvalue weighted by molar-refractivity contribution is -0.132. The number of carbonyl (C=O) groups excluding carboxylic acids is 2. The second-order valence-electron chi connectivity index (χ2n) is 10.3. The molecule has 3 aromatic carbocycles. The fourth-order valence-corrected chi connectivity index (χ4v) is 6.18. The number of rotatable bonds is 6. The van der Waals surface area contributed by atoms with Gasteiger partial charge in [-0.15, -0.1) is 10.2 Å². The van der Waals surface area contributed by atoms with Gasteiger partial charge < -0.3 is 5.11 Å². The molecule has 0 radical (unpaired) electrons. The smallest absolute Gasteiger partial charge is 0.301 e. The Hall–Kier alpha value is -3.89. The van der Waals surface area contributed by atoms with Gasteiger partial charge in [-0.25, -0.2) is 8.78 Å². The van der Waals surface area contributed by atoms with Gasteiger partial charge in [0.1, 0.15) is 17.4 Å². The maximum atomic E-state index is 13.6. The van der Waals surface area contributed by atoms with Crippen molar-refractivity contribution in [2.45, 2.75) is 42.3 Å². The minimum atomic E-state index is -0.970. The Kier molecular flexibility index (Phi) is 7.57. The molecule has 1 aliphatic rings. The molecule has 1 unspecified atom stereocenters. The number of Topliss-reactive ketones (excluding diaryl/α,β-unsaturated/α-hetero) is 1. The first kappa shape index (κ1) is 27.7. The third-order valence-electron chi connectivity index (χ3n) is 6.53. The van der Waals surface area contributed by atoms with Gasteiger partial charge in [0.25, 0.3) is 5.78 Å². The number of benzene rings is 3. The molecule has 1 saturated heterocycles. The minimum absolute atomic E-state index is 0.115. The topological polar surface area (TPSA) is 83.4 Å². The summed E-state index contributed by atoms with van der Waals surface area (Å²) in [7, 11) is 0. The Labute approximate surface area is 238 Å². The first-order chi connectivity index (χ1) is 19.0. The highest BCUT2D eigenvalue weighted by molar-refractivity contribution is 8.00. The molecular formula is C30H25F2N3O3S2. The van der Waals surface area contributed by atoms with Crippen molar-refractivity contribution in [3.8, 4) is 0 Å². The van der Waals surface area contributed by atoms with Gasteiger partial charge in [-0.05, 0) is 58.5 Å². The summed E-state index contributed by atoms with van der Waals surface area (Å²) in [5.74, 6) is -2.43. The summed E-state index contributed by atoms with van der Waals surface area (Å²) in [4.78, 5) is 28.0. The third-order valence-corrected chi connectivity index (χ3v) is 8.66. The Morgan fingerprint density at radius 2 is 1.52 bits per heavy atom. The zero-order chi connectivity index (χ0) is 28.6. The molecule has 1 aliphatic heterocycles. The maximum absolute atomic E-state index is 13.6. The summed E-state index contributed by atoms with van der Waals surface area (Å²) in [6.45, 7) is 6.24. The molecule has 2 heterocycles. The van der Waals surface area contributed by atoms with Crippen molar-refractivity contribution >= 4 is 45.7 Å². The molecule has 0 aliphatic carbocycles. The van der Waals surface area contributed by atoms with Crippen LogP contribution in [0.3, 0.4) is 0 Å². The molecule has 0 bridgehead atoms. The standard InChI is InChI=1S/C30H25F2N3O3S2/c1-30(2,3)20-10-6-18(7-11-20)24-23(25(36)19-8-14-22(32)15-9-19)26(37)27(38)35(24)28-33-34-29(40-28)39-16-17-4-12-21(31)13-5-17/h4-15,24,36H,16H2,1-3H3/b25-23-. The molecule has 1 atom stereocenters. The highest BCUT2D eigenvalue weighted by Gasteiger charge is 2.48. The first-order valence-electron chi connectivity index (χ1n) is 12.4. The zero-order valence-electron chi connectivity index (χ0n) is 21.9. The number of anilines is 1. The van der Waals surface area contributed by atoms with Crippen LogP contribution in [0.5, 0.6) is 0 Å². The summed E-state index contributed by atoms with van der Waals surface area (Å²) < 4.78 is 27.3. The number of nitrogens with zero attached hydrogens (tertiary/aromatic N) is 3. The normalized spacial score (nSPS) is 17.0. The number of aliphatic hydroxyl groups excluding tert-OH is 1. The number of aromatic nitrogens is 2. The molecule has 1 N–H and O–H groups in total. The van der Waals surface area contributed by atoms with Crippen LogP contribution in [0.1, 0.15) is 49.1 Å². The van der Waals surface area contributed by atoms with Crippen LogP contribution in [-0.4, -0.2) is 27.0 Å². The van der Waals surface area contributed by atoms with Crippen LogP contribution in [-0.2, 0) is 20.8 Å². The van der Waals surface area contributed by atoms with Gasteiger partial charge in [-0.2, -0.15) is 0 Å². The van der Waals surface area contributed by atoms with Gasteiger partial charge in [0.2, 0.25) is 5.13 Å². The van der Waals surface area contributed by atoms with E-state index in [1.165, 1.54) is 53.1 Å². The van der Waals surface area contributed by atoms with Crippen molar-refractivity contribution in [3.63, 3.8) is 0 Å². The summed E-state index contributed by atoms with van der Waals surface area (Å²) in [6.07, 6.45) is 0. The number of hydrogen-bond donors (Lipinski definition) is 1. The predicted octanol–water partition coefficient (Wildman–Crippen LogP) is 7.03. The van der Waals surface area contributed by atoms with Gasteiger partial charge in [0, 0.05) is 11.3 Å². The van der Waals surface area contributed by atoms with E-state index in [9.17, 15) is 23.5 Å². The second kappa shape index (κ2) is 10.9. The Balaban J connectivity index is 1.54. The second-order valence-corrected chi connectivity index (χ2v) is 12.5. The van der Waals surface area contributed by atoms with Crippen molar-refractivity contribution in [1.82, 2.24) is 10.2 Å². The number of thioether (sulfide) groups is 1. The Morgan fingerprint density at radius 3 is 2.12 bits per heavy atom. The van der Waals surface area contributed by atoms with E-state index >= 15 is 0 Å². The molecule has 4 aromatic rings. The highest BCUT2D eigenvalue weighted by Crippen LogP contribution is 2.44. The van der Waals surface area contributed by atoms with Crippen LogP contribution in [0.25, 0.3) is 5.76 Å². The summed E-state index contributed by atoms with van der Waals surface area (Å²) in [5, 5.41) is 19.8. The van der Waals surface area contributed by atoms with E-state index in [-0.39, 0.29) is 27.5 Å². The van der Waals surface area contributed by atoms with Crippen LogP contribution in [0.15, 0.2) is 82.7 Å². The average Bonchev–Trinajstić information content (AvgIpc) is 3.50. The van der Waals surface area contributed by atoms with Crippen molar-refractivity contribution in [3.05, 3.63) is 112 Å². The van der Waals surface area contributed by atoms with E-state index in [1.807, 2.05) is 24.3 Å². The van der Waals surface area contributed by atoms with Crippen molar-refractivity contribution < 1.29 is 23.5 Å². The van der Waals surface area contributed by atoms with Crippen molar-refractivity contribution in [2.75, 3.05) is 4.90 Å². The first-order valence-corrected chi connectivity index (χ1v) is 14.2. The van der Waals surface area contributed by atoms with Crippen LogP contribution >= 0.6 is 23.1 Å². The summed E-state index contributed by atoms with van der Waals surface area (Å²) >= 11 is 2.51. The molecule has 204 valence electrons. The van der Waals surface area contributed by atoms with E-state index in [1.54, 1.807) is 12.1 Å². The Morgan fingerprint density at radius 1 is 0.925 bits per heavy atom. The highest BCUT2D eigenvalue weighted by atomic mass is 32.2. The molecule has 5 rings (SSSR count). The van der Waals surface area contributed by atoms with Crippen LogP contribution < -0.4 is 4.90 Å². The largest absolute Gasteiger partial charge is 0.507 e. The molecule has 1 fully saturated rings. The predicted molar refractivity (Wildman–Crippen MR) is 152 cm³/mol. The van der Waals surface area contributed by atoms with Crippen LogP contribution in [0.4, 0.5) is 13.9 Å². The van der Waals surface area contributed by atoms with Crippen molar-refractivity contribution in [1.29, 1.82) is 0 Å². The van der Waals surface area contributed by atoms with E-state index < -0.39 is 29.3 Å². The quantitative estimate of drug-likeness (QED) is 0.0871. The molecule has 40 heavy (non-hydrogen) atoms. The van der Waals surface area contributed by atoms with Crippen LogP contribution in [0, 0.1) is 11.6 Å². The molecule has 6 nitrogen and oxygen atoms in total. The number of aliphatic hydroxyl groups is 1. The van der Waals surface area contributed by atoms with Gasteiger partial charge in [0.05, 0.1) is 11.6 Å². The summed E-state index contributed by atoms with van der Waals surface area (Å²) in [5.41, 5.74) is 2.53. The van der Waals surface area contributed by atoms with E-state index in [0.717, 1.165) is 22.5 Å². The number of hydrogen-bond acceptors (Lipinski definition) is 7. The number of halogens is 2. The number of ketones is 1. The third kappa shape index (κ3) is 5.55. The Bertz CT molecular complexity index is 1590. The summed E-state index contributed by atoms with van der Waals surface area (Å²) in [6, 6.07) is 17.7. The van der Waals surface area contributed by atoms with Crippen molar-refractivity contribution in [2.24, 2.45) is 0 Å². The van der Waals surface area contributed by atoms with Crippen LogP contribution in [0.2, 0.25) is 0 Å². The molecule has 10 heteroatoms. The fraction of sp³-hybridized carbons (Fsp3) is 0.200. The van der Waals surface area contributed by atoms with Gasteiger partial charge in [0.15, 0.2) is 4.34 Å².